The first-order valence-electron chi connectivity index (χ1n) is 20.5. The summed E-state index contributed by atoms with van der Waals surface area (Å²) >= 11 is 0. The lowest BCUT2D eigenvalue weighted by Gasteiger charge is -2.26. The summed E-state index contributed by atoms with van der Waals surface area (Å²) in [6.07, 6.45) is 5.97. The van der Waals surface area contributed by atoms with E-state index in [-0.39, 0.29) is 0 Å². The zero-order valence-electron chi connectivity index (χ0n) is 33.2. The Balaban J connectivity index is 0.957. The molecule has 2 aromatic heterocycles. The summed E-state index contributed by atoms with van der Waals surface area (Å²) < 4.78 is 8.97. The number of aromatic nitrogens is 1. The first-order chi connectivity index (χ1) is 29.6. The number of allylic oxidation sites excluding steroid dienone is 1. The van der Waals surface area contributed by atoms with E-state index in [1.54, 1.807) is 0 Å². The number of benzene rings is 9. The predicted molar refractivity (Wildman–Crippen MR) is 256 cm³/mol. The molecule has 0 aliphatic rings. The van der Waals surface area contributed by atoms with Crippen LogP contribution in [0.4, 0.5) is 17.1 Å². The number of para-hydroxylation sites is 1. The molecule has 2 heterocycles. The third kappa shape index (κ3) is 5.90. The maximum absolute atomic E-state index is 6.59. The molecule has 0 radical (unpaired) electrons. The van der Waals surface area contributed by atoms with Crippen molar-refractivity contribution in [1.29, 1.82) is 0 Å². The van der Waals surface area contributed by atoms with Crippen LogP contribution in [0.5, 0.6) is 0 Å². The van der Waals surface area contributed by atoms with Crippen molar-refractivity contribution in [1.82, 2.24) is 4.57 Å². The Morgan fingerprint density at radius 3 is 1.68 bits per heavy atom. The van der Waals surface area contributed by atoms with Gasteiger partial charge in [0.1, 0.15) is 11.3 Å². The van der Waals surface area contributed by atoms with Crippen LogP contribution in [0.15, 0.2) is 211 Å². The number of furan rings is 1. The maximum Gasteiger partial charge on any atom is 0.145 e. The van der Waals surface area contributed by atoms with Crippen molar-refractivity contribution in [3.05, 3.63) is 218 Å². The number of nitrogens with zero attached hydrogens (tertiary/aromatic N) is 2. The first kappa shape index (κ1) is 35.3. The van der Waals surface area contributed by atoms with Gasteiger partial charge in [-0.3, -0.25) is 0 Å². The van der Waals surface area contributed by atoms with Gasteiger partial charge in [0, 0.05) is 39.1 Å². The van der Waals surface area contributed by atoms with Crippen LogP contribution in [0.1, 0.15) is 18.2 Å². The van der Waals surface area contributed by atoms with E-state index < -0.39 is 0 Å². The molecule has 0 N–H and O–H groups in total. The molecule has 0 fully saturated rings. The minimum absolute atomic E-state index is 0.787. The maximum atomic E-state index is 6.59. The molecule has 11 aromatic rings. The molecule has 0 aliphatic carbocycles. The molecule has 3 nitrogen and oxygen atoms in total. The second kappa shape index (κ2) is 14.5. The third-order valence-corrected chi connectivity index (χ3v) is 11.8. The average Bonchev–Trinajstić information content (AvgIpc) is 3.83. The summed E-state index contributed by atoms with van der Waals surface area (Å²) in [6, 6.07) is 70.1. The van der Waals surface area contributed by atoms with Crippen LogP contribution in [0.3, 0.4) is 0 Å². The smallest absolute Gasteiger partial charge is 0.145 e. The Labute approximate surface area is 349 Å². The number of anilines is 3. The molecule has 284 valence electrons. The largest absolute Gasteiger partial charge is 0.455 e. The van der Waals surface area contributed by atoms with Crippen molar-refractivity contribution in [2.45, 2.75) is 6.92 Å². The van der Waals surface area contributed by atoms with Gasteiger partial charge in [-0.2, -0.15) is 0 Å². The molecular formula is C57H40N2O. The minimum atomic E-state index is 0.787. The van der Waals surface area contributed by atoms with E-state index in [0.29, 0.717) is 0 Å². The zero-order valence-corrected chi connectivity index (χ0v) is 33.2. The average molecular weight is 769 g/mol. The quantitative estimate of drug-likeness (QED) is 0.154. The van der Waals surface area contributed by atoms with Gasteiger partial charge in [0.25, 0.3) is 0 Å². The van der Waals surface area contributed by atoms with E-state index >= 15 is 0 Å². The third-order valence-electron chi connectivity index (χ3n) is 11.8. The molecular weight excluding hydrogens is 729 g/mol. The lowest BCUT2D eigenvalue weighted by molar-refractivity contribution is 0.607. The van der Waals surface area contributed by atoms with E-state index in [9.17, 15) is 0 Å². The summed E-state index contributed by atoms with van der Waals surface area (Å²) in [4.78, 5) is 2.32. The number of rotatable bonds is 8. The standard InChI is InChI=1S/C57H40N2O/c1-3-12-50-51-33-34-53-56(57(51)60-55(50)4-2)52-36-43-15-10-11-16-44(43)37-54(52)59(53)49-31-23-40(24-32-49)39-21-27-47(28-22-39)58(46-17-6-5-7-18-46)48-29-25-41(26-30-48)45-20-19-38-13-8-9-14-42(38)35-45/h3-37H,2H2,1H3/b12-3-. The van der Waals surface area contributed by atoms with Crippen molar-refractivity contribution >= 4 is 83.5 Å². The second-order valence-electron chi connectivity index (χ2n) is 15.3. The molecule has 11 rings (SSSR count). The number of hydrogen-bond acceptors (Lipinski definition) is 2. The van der Waals surface area contributed by atoms with Crippen molar-refractivity contribution in [2.75, 3.05) is 4.90 Å². The molecule has 60 heavy (non-hydrogen) atoms. The number of fused-ring (bicyclic) bond motifs is 7. The molecule has 0 bridgehead atoms. The van der Waals surface area contributed by atoms with Crippen molar-refractivity contribution in [2.24, 2.45) is 0 Å². The van der Waals surface area contributed by atoms with E-state index in [0.717, 1.165) is 78.0 Å². The van der Waals surface area contributed by atoms with Crippen molar-refractivity contribution < 1.29 is 4.42 Å². The van der Waals surface area contributed by atoms with Gasteiger partial charge in [-0.1, -0.05) is 134 Å². The van der Waals surface area contributed by atoms with Gasteiger partial charge in [0.15, 0.2) is 0 Å². The Morgan fingerprint density at radius 1 is 0.483 bits per heavy atom. The van der Waals surface area contributed by atoms with Crippen molar-refractivity contribution in [3.8, 4) is 27.9 Å². The fourth-order valence-electron chi connectivity index (χ4n) is 8.95. The normalized spacial score (nSPS) is 11.8. The predicted octanol–water partition coefficient (Wildman–Crippen LogP) is 16.3. The fourth-order valence-corrected chi connectivity index (χ4v) is 8.95. The Bertz CT molecular complexity index is 3420. The summed E-state index contributed by atoms with van der Waals surface area (Å²) in [5.74, 6) is 0.787. The molecule has 0 amide bonds. The zero-order chi connectivity index (χ0) is 40.2. The summed E-state index contributed by atoms with van der Waals surface area (Å²) in [7, 11) is 0. The van der Waals surface area contributed by atoms with E-state index in [4.69, 9.17) is 4.42 Å². The highest BCUT2D eigenvalue weighted by atomic mass is 16.3. The van der Waals surface area contributed by atoms with E-state index in [1.807, 2.05) is 13.0 Å². The van der Waals surface area contributed by atoms with Crippen LogP contribution in [0, 0.1) is 0 Å². The SMILES string of the molecule is C=Cc1oc2c(ccc3c2c2cc4ccccc4cc2n3-c2ccc(-c3ccc(N(c4ccccc4)c4ccc(-c5ccc6ccccc6c5)cc4)cc3)cc2)c1/C=C\C. The Kier molecular flexibility index (Phi) is 8.53. The van der Waals surface area contributed by atoms with Gasteiger partial charge in [0.2, 0.25) is 0 Å². The number of hydrogen-bond donors (Lipinski definition) is 0. The lowest BCUT2D eigenvalue weighted by Crippen LogP contribution is -2.09. The minimum Gasteiger partial charge on any atom is -0.455 e. The Hall–Kier alpha value is -7.88. The molecule has 9 aromatic carbocycles. The molecule has 0 spiro atoms. The van der Waals surface area contributed by atoms with Gasteiger partial charge in [0.05, 0.1) is 16.4 Å². The molecule has 3 heteroatoms. The van der Waals surface area contributed by atoms with Gasteiger partial charge >= 0.3 is 0 Å². The molecule has 0 atom stereocenters. The van der Waals surface area contributed by atoms with E-state index in [1.165, 1.54) is 32.7 Å². The topological polar surface area (TPSA) is 21.3 Å². The van der Waals surface area contributed by atoms with Crippen LogP contribution in [-0.2, 0) is 0 Å². The molecule has 0 aliphatic heterocycles. The van der Waals surface area contributed by atoms with Gasteiger partial charge in [-0.15, -0.1) is 0 Å². The van der Waals surface area contributed by atoms with Crippen LogP contribution in [0.25, 0.3) is 94.4 Å². The van der Waals surface area contributed by atoms with Crippen LogP contribution >= 0.6 is 0 Å². The second-order valence-corrected chi connectivity index (χ2v) is 15.3. The highest BCUT2D eigenvalue weighted by molar-refractivity contribution is 6.23. The van der Waals surface area contributed by atoms with Gasteiger partial charge < -0.3 is 13.9 Å². The summed E-state index contributed by atoms with van der Waals surface area (Å²) in [5.41, 5.74) is 13.3. The van der Waals surface area contributed by atoms with Crippen LogP contribution < -0.4 is 4.90 Å². The fraction of sp³-hybridized carbons (Fsp3) is 0.0175. The molecule has 0 saturated carbocycles. The summed E-state index contributed by atoms with van der Waals surface area (Å²) in [5, 5.41) is 8.26. The lowest BCUT2D eigenvalue weighted by atomic mass is 10.0. The monoisotopic (exact) mass is 768 g/mol. The Morgan fingerprint density at radius 2 is 1.03 bits per heavy atom. The highest BCUT2D eigenvalue weighted by Gasteiger charge is 2.21. The first-order valence-corrected chi connectivity index (χ1v) is 20.5. The molecule has 0 unspecified atom stereocenters. The highest BCUT2D eigenvalue weighted by Crippen LogP contribution is 2.42. The van der Waals surface area contributed by atoms with Crippen molar-refractivity contribution in [3.63, 3.8) is 0 Å². The van der Waals surface area contributed by atoms with Gasteiger partial charge in [-0.05, 0) is 136 Å². The van der Waals surface area contributed by atoms with Crippen LogP contribution in [0.2, 0.25) is 0 Å². The summed E-state index contributed by atoms with van der Waals surface area (Å²) in [6.45, 7) is 6.10. The molecule has 0 saturated heterocycles. The van der Waals surface area contributed by atoms with Gasteiger partial charge in [-0.25, -0.2) is 0 Å². The van der Waals surface area contributed by atoms with E-state index in [2.05, 4.69) is 222 Å². The van der Waals surface area contributed by atoms with Crippen LogP contribution in [-0.4, -0.2) is 4.57 Å².